The Morgan fingerprint density at radius 1 is 1.20 bits per heavy atom. The highest BCUT2D eigenvalue weighted by Gasteiger charge is 2.30. The van der Waals surface area contributed by atoms with E-state index in [4.69, 9.17) is 0 Å². The van der Waals surface area contributed by atoms with Gasteiger partial charge in [0.15, 0.2) is 0 Å². The van der Waals surface area contributed by atoms with Crippen molar-refractivity contribution < 1.29 is 13.2 Å². The molecule has 0 radical (unpaired) electrons. The second-order valence-corrected chi connectivity index (χ2v) is 5.28. The Labute approximate surface area is 118 Å². The van der Waals surface area contributed by atoms with Gasteiger partial charge in [-0.15, -0.1) is 6.58 Å². The molecule has 0 amide bonds. The number of hydrogen-bond acceptors (Lipinski definition) is 0. The highest BCUT2D eigenvalue weighted by Crippen LogP contribution is 2.35. The summed E-state index contributed by atoms with van der Waals surface area (Å²) < 4.78 is 37.5. The molecule has 0 saturated carbocycles. The van der Waals surface area contributed by atoms with Crippen LogP contribution in [0.4, 0.5) is 13.2 Å². The maximum Gasteiger partial charge on any atom is 0.416 e. The summed E-state index contributed by atoms with van der Waals surface area (Å²) >= 11 is 0. The van der Waals surface area contributed by atoms with Gasteiger partial charge in [-0.25, -0.2) is 0 Å². The molecule has 108 valence electrons. The number of halogens is 3. The van der Waals surface area contributed by atoms with Crippen LogP contribution in [0.5, 0.6) is 0 Å². The Morgan fingerprint density at radius 2 is 1.90 bits per heavy atom. The van der Waals surface area contributed by atoms with Gasteiger partial charge in [-0.2, -0.15) is 13.2 Å². The molecule has 0 aromatic heterocycles. The zero-order valence-corrected chi connectivity index (χ0v) is 11.4. The zero-order valence-electron chi connectivity index (χ0n) is 11.4. The topological polar surface area (TPSA) is 0 Å². The number of allylic oxidation sites excluding steroid dienone is 3. The molecule has 1 atom stereocenters. The summed E-state index contributed by atoms with van der Waals surface area (Å²) in [6, 6.07) is 5.62. The minimum Gasteiger partial charge on any atom is -0.166 e. The average molecular weight is 280 g/mol. The molecule has 0 spiro atoms. The van der Waals surface area contributed by atoms with E-state index in [0.29, 0.717) is 5.92 Å². The van der Waals surface area contributed by atoms with E-state index in [1.54, 1.807) is 12.1 Å². The molecular formula is C17H19F3. The van der Waals surface area contributed by atoms with Gasteiger partial charge in [0.05, 0.1) is 5.56 Å². The average Bonchev–Trinajstić information content (AvgIpc) is 2.45. The number of hydrogen-bond donors (Lipinski definition) is 0. The Morgan fingerprint density at radius 3 is 2.40 bits per heavy atom. The lowest BCUT2D eigenvalue weighted by Crippen LogP contribution is -2.07. The van der Waals surface area contributed by atoms with Crippen LogP contribution in [0, 0.1) is 0 Å². The van der Waals surface area contributed by atoms with Crippen molar-refractivity contribution >= 4 is 0 Å². The Kier molecular flexibility index (Phi) is 4.69. The van der Waals surface area contributed by atoms with Crippen LogP contribution in [0.2, 0.25) is 0 Å². The Balaban J connectivity index is 2.00. The van der Waals surface area contributed by atoms with Crippen LogP contribution in [0.1, 0.15) is 49.1 Å². The predicted octanol–water partition coefficient (Wildman–Crippen LogP) is 5.87. The van der Waals surface area contributed by atoms with Crippen molar-refractivity contribution in [3.63, 3.8) is 0 Å². The molecule has 1 aliphatic rings. The Bertz CT molecular complexity index is 480. The van der Waals surface area contributed by atoms with Crippen molar-refractivity contribution in [1.82, 2.24) is 0 Å². The van der Waals surface area contributed by atoms with Gasteiger partial charge in [0.2, 0.25) is 0 Å². The summed E-state index contributed by atoms with van der Waals surface area (Å²) in [7, 11) is 0. The minimum atomic E-state index is -4.25. The highest BCUT2D eigenvalue weighted by molar-refractivity contribution is 5.29. The first kappa shape index (κ1) is 14.9. The van der Waals surface area contributed by atoms with E-state index in [1.165, 1.54) is 17.7 Å². The summed E-state index contributed by atoms with van der Waals surface area (Å²) in [4.78, 5) is 0. The van der Waals surface area contributed by atoms with Crippen LogP contribution < -0.4 is 0 Å². The van der Waals surface area contributed by atoms with Gasteiger partial charge in [-0.3, -0.25) is 0 Å². The van der Waals surface area contributed by atoms with E-state index in [9.17, 15) is 13.2 Å². The molecule has 1 aliphatic carbocycles. The molecule has 1 unspecified atom stereocenters. The third-order valence-electron chi connectivity index (χ3n) is 3.88. The molecule has 2 rings (SSSR count). The van der Waals surface area contributed by atoms with E-state index in [0.717, 1.165) is 37.7 Å². The molecule has 1 aromatic rings. The molecule has 0 heterocycles. The fraction of sp³-hybridized carbons (Fsp3) is 0.412. The van der Waals surface area contributed by atoms with Crippen LogP contribution in [0.15, 0.2) is 48.6 Å². The van der Waals surface area contributed by atoms with Gasteiger partial charge in [-0.05, 0) is 55.7 Å². The number of alkyl halides is 3. The van der Waals surface area contributed by atoms with Crippen molar-refractivity contribution in [2.75, 3.05) is 0 Å². The van der Waals surface area contributed by atoms with Crippen LogP contribution in [0.25, 0.3) is 0 Å². The number of rotatable bonds is 4. The summed E-state index contributed by atoms with van der Waals surface area (Å²) in [5.41, 5.74) is 1.89. The summed E-state index contributed by atoms with van der Waals surface area (Å²) in [5, 5.41) is 0. The molecule has 0 N–H and O–H groups in total. The van der Waals surface area contributed by atoms with E-state index in [-0.39, 0.29) is 0 Å². The van der Waals surface area contributed by atoms with E-state index < -0.39 is 11.7 Å². The highest BCUT2D eigenvalue weighted by atomic mass is 19.4. The van der Waals surface area contributed by atoms with Crippen LogP contribution in [-0.4, -0.2) is 0 Å². The van der Waals surface area contributed by atoms with E-state index in [2.05, 4.69) is 12.7 Å². The van der Waals surface area contributed by atoms with E-state index >= 15 is 0 Å². The fourth-order valence-corrected chi connectivity index (χ4v) is 2.65. The van der Waals surface area contributed by atoms with Crippen LogP contribution in [0.3, 0.4) is 0 Å². The first-order chi connectivity index (χ1) is 9.50. The summed E-state index contributed by atoms with van der Waals surface area (Å²) in [6.07, 6.45) is 4.96. The smallest absolute Gasteiger partial charge is 0.166 e. The Hall–Kier alpha value is -1.51. The molecule has 0 aliphatic heterocycles. The van der Waals surface area contributed by atoms with Crippen molar-refractivity contribution in [3.8, 4) is 0 Å². The van der Waals surface area contributed by atoms with Gasteiger partial charge in [0, 0.05) is 0 Å². The quantitative estimate of drug-likeness (QED) is 0.605. The molecule has 0 bridgehead atoms. The predicted molar refractivity (Wildman–Crippen MR) is 75.6 cm³/mol. The molecule has 3 heteroatoms. The largest absolute Gasteiger partial charge is 0.416 e. The van der Waals surface area contributed by atoms with Crippen molar-refractivity contribution in [1.29, 1.82) is 0 Å². The molecule has 20 heavy (non-hydrogen) atoms. The molecule has 0 nitrogen and oxygen atoms in total. The van der Waals surface area contributed by atoms with Crippen molar-refractivity contribution in [2.24, 2.45) is 0 Å². The molecular weight excluding hydrogens is 261 g/mol. The van der Waals surface area contributed by atoms with Gasteiger partial charge >= 0.3 is 6.18 Å². The van der Waals surface area contributed by atoms with Crippen LogP contribution in [-0.2, 0) is 6.18 Å². The van der Waals surface area contributed by atoms with Gasteiger partial charge in [0.25, 0.3) is 0 Å². The van der Waals surface area contributed by atoms with Crippen molar-refractivity contribution in [2.45, 2.75) is 44.2 Å². The van der Waals surface area contributed by atoms with Gasteiger partial charge in [0.1, 0.15) is 0 Å². The van der Waals surface area contributed by atoms with Gasteiger partial charge < -0.3 is 0 Å². The van der Waals surface area contributed by atoms with Crippen LogP contribution >= 0.6 is 0 Å². The lowest BCUT2D eigenvalue weighted by atomic mass is 9.83. The standard InChI is InChI=1S/C17H19F3/c1-2-3-4-13-5-7-14(8-6-13)15-9-11-16(12-10-15)17(18,19)20/h2,5,9-12,14H,1,3-4,6-8H2. The van der Waals surface area contributed by atoms with E-state index in [1.807, 2.05) is 6.08 Å². The first-order valence-electron chi connectivity index (χ1n) is 6.96. The lowest BCUT2D eigenvalue weighted by Gasteiger charge is -2.22. The maximum absolute atomic E-state index is 12.5. The normalized spacial score (nSPS) is 19.6. The second-order valence-electron chi connectivity index (χ2n) is 5.28. The molecule has 0 fully saturated rings. The zero-order chi connectivity index (χ0) is 14.6. The first-order valence-corrected chi connectivity index (χ1v) is 6.96. The van der Waals surface area contributed by atoms with Gasteiger partial charge in [-0.1, -0.05) is 29.9 Å². The lowest BCUT2D eigenvalue weighted by molar-refractivity contribution is -0.137. The SMILES string of the molecule is C=CCCC1=CCC(c2ccc(C(F)(F)F)cc2)CC1. The summed E-state index contributed by atoms with van der Waals surface area (Å²) in [5.74, 6) is 0.352. The molecule has 0 saturated heterocycles. The monoisotopic (exact) mass is 280 g/mol. The third kappa shape index (κ3) is 3.75. The minimum absolute atomic E-state index is 0.352. The molecule has 1 aromatic carbocycles. The maximum atomic E-state index is 12.5. The van der Waals surface area contributed by atoms with Crippen molar-refractivity contribution in [3.05, 3.63) is 59.7 Å². The summed E-state index contributed by atoms with van der Waals surface area (Å²) in [6.45, 7) is 3.72. The number of benzene rings is 1. The fourth-order valence-electron chi connectivity index (χ4n) is 2.65. The second kappa shape index (κ2) is 6.29. The third-order valence-corrected chi connectivity index (χ3v) is 3.88.